The van der Waals surface area contributed by atoms with Crippen molar-refractivity contribution in [3.63, 3.8) is 0 Å². The van der Waals surface area contributed by atoms with Gasteiger partial charge in [0.05, 0.1) is 6.20 Å². The summed E-state index contributed by atoms with van der Waals surface area (Å²) < 4.78 is 5.08. The van der Waals surface area contributed by atoms with Crippen molar-refractivity contribution in [3.8, 4) is 0 Å². The lowest BCUT2D eigenvalue weighted by molar-refractivity contribution is 0.517. The number of rotatable bonds is 1. The van der Waals surface area contributed by atoms with Crippen LogP contribution in [-0.2, 0) is 0 Å². The number of hydrogen-bond acceptors (Lipinski definition) is 3. The van der Waals surface area contributed by atoms with Crippen molar-refractivity contribution in [2.45, 2.75) is 20.8 Å². The van der Waals surface area contributed by atoms with Gasteiger partial charge in [0.25, 0.3) is 0 Å². The van der Waals surface area contributed by atoms with Gasteiger partial charge in [0.1, 0.15) is 5.76 Å². The molecule has 0 atom stereocenters. The standard InChI is InChI=1S/C6H7NOS.C2H6/c1-5-4-7-6(8-5)2-3-9;1-2/h2-4,9H,1H3;1-2H3/b3-2+;. The van der Waals surface area contributed by atoms with E-state index in [0.717, 1.165) is 5.76 Å². The van der Waals surface area contributed by atoms with E-state index in [1.165, 1.54) is 0 Å². The number of thiol groups is 1. The van der Waals surface area contributed by atoms with Crippen molar-refractivity contribution in [3.05, 3.63) is 23.3 Å². The molecule has 1 rings (SSSR count). The molecule has 11 heavy (non-hydrogen) atoms. The van der Waals surface area contributed by atoms with E-state index in [1.807, 2.05) is 20.8 Å². The van der Waals surface area contributed by atoms with E-state index < -0.39 is 0 Å². The summed E-state index contributed by atoms with van der Waals surface area (Å²) in [5.41, 5.74) is 0. The molecule has 3 heteroatoms. The molecule has 0 spiro atoms. The number of nitrogens with zero attached hydrogens (tertiary/aromatic N) is 1. The van der Waals surface area contributed by atoms with Gasteiger partial charge in [0.2, 0.25) is 5.89 Å². The molecule has 0 N–H and O–H groups in total. The lowest BCUT2D eigenvalue weighted by Gasteiger charge is -1.77. The zero-order chi connectivity index (χ0) is 8.69. The SMILES string of the molecule is CC.Cc1cnc(/C=C/S)o1. The van der Waals surface area contributed by atoms with Crippen molar-refractivity contribution in [1.82, 2.24) is 4.98 Å². The maximum Gasteiger partial charge on any atom is 0.219 e. The summed E-state index contributed by atoms with van der Waals surface area (Å²) in [5, 5.41) is 1.59. The molecule has 0 saturated carbocycles. The van der Waals surface area contributed by atoms with Gasteiger partial charge in [-0.2, -0.15) is 12.6 Å². The van der Waals surface area contributed by atoms with Crippen LogP contribution in [0.3, 0.4) is 0 Å². The highest BCUT2D eigenvalue weighted by atomic mass is 32.1. The third-order valence-corrected chi connectivity index (χ3v) is 1.01. The number of hydrogen-bond donors (Lipinski definition) is 1. The van der Waals surface area contributed by atoms with Gasteiger partial charge in [-0.1, -0.05) is 13.8 Å². The molecule has 0 saturated heterocycles. The Balaban J connectivity index is 0.000000461. The monoisotopic (exact) mass is 171 g/mol. The molecule has 0 aliphatic rings. The molecule has 62 valence electrons. The van der Waals surface area contributed by atoms with Crippen molar-refractivity contribution < 1.29 is 4.42 Å². The summed E-state index contributed by atoms with van der Waals surface area (Å²) >= 11 is 3.86. The lowest BCUT2D eigenvalue weighted by atomic mass is 10.6. The molecule has 0 amide bonds. The first-order valence-corrected chi connectivity index (χ1v) is 4.08. The Hall–Kier alpha value is -0.700. The lowest BCUT2D eigenvalue weighted by Crippen LogP contribution is -1.62. The highest BCUT2D eigenvalue weighted by molar-refractivity contribution is 7.83. The molecule has 1 aromatic heterocycles. The summed E-state index contributed by atoms with van der Waals surface area (Å²) in [4.78, 5) is 3.90. The van der Waals surface area contributed by atoms with Gasteiger partial charge in [-0.05, 0) is 12.3 Å². The fourth-order valence-electron chi connectivity index (χ4n) is 0.513. The highest BCUT2D eigenvalue weighted by Crippen LogP contribution is 2.03. The van der Waals surface area contributed by atoms with Gasteiger partial charge in [0, 0.05) is 6.08 Å². The second-order valence-corrected chi connectivity index (χ2v) is 1.92. The quantitative estimate of drug-likeness (QED) is 0.657. The minimum Gasteiger partial charge on any atom is -0.442 e. The molecule has 0 aromatic carbocycles. The van der Waals surface area contributed by atoms with Crippen LogP contribution in [-0.4, -0.2) is 4.98 Å². The van der Waals surface area contributed by atoms with E-state index in [9.17, 15) is 0 Å². The molecule has 1 aromatic rings. The second-order valence-electron chi connectivity index (χ2n) is 1.62. The first kappa shape index (κ1) is 10.3. The van der Waals surface area contributed by atoms with Crippen LogP contribution < -0.4 is 0 Å². The summed E-state index contributed by atoms with van der Waals surface area (Å²) in [6, 6.07) is 0. The van der Waals surface area contributed by atoms with Crippen LogP contribution >= 0.6 is 12.6 Å². The van der Waals surface area contributed by atoms with E-state index in [4.69, 9.17) is 4.42 Å². The summed E-state index contributed by atoms with van der Waals surface area (Å²) in [5.74, 6) is 1.42. The molecular formula is C8H13NOS. The fourth-order valence-corrected chi connectivity index (χ4v) is 0.641. The Morgan fingerprint density at radius 1 is 1.55 bits per heavy atom. The van der Waals surface area contributed by atoms with Crippen LogP contribution in [0.2, 0.25) is 0 Å². The third-order valence-electron chi connectivity index (χ3n) is 0.856. The van der Waals surface area contributed by atoms with Crippen molar-refractivity contribution in [1.29, 1.82) is 0 Å². The Kier molecular flexibility index (Phi) is 5.65. The zero-order valence-corrected chi connectivity index (χ0v) is 7.93. The minimum absolute atomic E-state index is 0.600. The van der Waals surface area contributed by atoms with Crippen LogP contribution in [0.5, 0.6) is 0 Å². The third kappa shape index (κ3) is 3.88. The first-order chi connectivity index (χ1) is 5.33. The molecule has 0 aliphatic carbocycles. The molecule has 0 fully saturated rings. The van der Waals surface area contributed by atoms with Crippen molar-refractivity contribution in [2.75, 3.05) is 0 Å². The largest absolute Gasteiger partial charge is 0.442 e. The second kappa shape index (κ2) is 6.04. The van der Waals surface area contributed by atoms with E-state index >= 15 is 0 Å². The number of aromatic nitrogens is 1. The number of aryl methyl sites for hydroxylation is 1. The average Bonchev–Trinajstić information content (AvgIpc) is 2.41. The van der Waals surface area contributed by atoms with Crippen LogP contribution in [0.15, 0.2) is 16.0 Å². The molecule has 0 unspecified atom stereocenters. The van der Waals surface area contributed by atoms with Gasteiger partial charge in [-0.25, -0.2) is 4.98 Å². The molecule has 0 aliphatic heterocycles. The molecule has 0 bridgehead atoms. The summed E-state index contributed by atoms with van der Waals surface area (Å²) in [6.07, 6.45) is 3.36. The predicted molar refractivity (Wildman–Crippen MR) is 50.6 cm³/mol. The predicted octanol–water partition coefficient (Wildman–Crippen LogP) is 2.91. The smallest absolute Gasteiger partial charge is 0.219 e. The fraction of sp³-hybridized carbons (Fsp3) is 0.375. The van der Waals surface area contributed by atoms with Gasteiger partial charge in [-0.15, -0.1) is 0 Å². The average molecular weight is 171 g/mol. The number of oxazole rings is 1. The molecule has 1 heterocycles. The van der Waals surface area contributed by atoms with Crippen molar-refractivity contribution >= 4 is 18.7 Å². The maximum absolute atomic E-state index is 5.08. The Bertz CT molecular complexity index is 218. The van der Waals surface area contributed by atoms with Gasteiger partial charge in [-0.3, -0.25) is 0 Å². The van der Waals surface area contributed by atoms with E-state index in [1.54, 1.807) is 17.7 Å². The normalized spacial score (nSPS) is 9.45. The molecular weight excluding hydrogens is 158 g/mol. The maximum atomic E-state index is 5.08. The van der Waals surface area contributed by atoms with Crippen LogP contribution in [0.4, 0.5) is 0 Å². The van der Waals surface area contributed by atoms with Gasteiger partial charge in [0.15, 0.2) is 0 Å². The summed E-state index contributed by atoms with van der Waals surface area (Å²) in [6.45, 7) is 5.85. The van der Waals surface area contributed by atoms with Crippen LogP contribution in [0, 0.1) is 6.92 Å². The molecule has 0 radical (unpaired) electrons. The van der Waals surface area contributed by atoms with E-state index in [2.05, 4.69) is 17.6 Å². The van der Waals surface area contributed by atoms with Gasteiger partial charge >= 0.3 is 0 Å². The van der Waals surface area contributed by atoms with Crippen LogP contribution in [0.25, 0.3) is 6.08 Å². The summed E-state index contributed by atoms with van der Waals surface area (Å²) in [7, 11) is 0. The van der Waals surface area contributed by atoms with Crippen LogP contribution in [0.1, 0.15) is 25.5 Å². The Morgan fingerprint density at radius 3 is 2.55 bits per heavy atom. The minimum atomic E-state index is 0.600. The van der Waals surface area contributed by atoms with E-state index in [-0.39, 0.29) is 0 Å². The first-order valence-electron chi connectivity index (χ1n) is 3.56. The topological polar surface area (TPSA) is 26.0 Å². The van der Waals surface area contributed by atoms with E-state index in [0.29, 0.717) is 5.89 Å². The Labute approximate surface area is 72.7 Å². The highest BCUT2D eigenvalue weighted by Gasteiger charge is 1.91. The molecule has 2 nitrogen and oxygen atoms in total. The zero-order valence-electron chi connectivity index (χ0n) is 7.03. The Morgan fingerprint density at radius 2 is 2.18 bits per heavy atom. The van der Waals surface area contributed by atoms with Crippen molar-refractivity contribution in [2.24, 2.45) is 0 Å². The van der Waals surface area contributed by atoms with Gasteiger partial charge < -0.3 is 4.42 Å².